The predicted octanol–water partition coefficient (Wildman–Crippen LogP) is 4.17. The molecule has 33 heavy (non-hydrogen) atoms. The van der Waals surface area contributed by atoms with Gasteiger partial charge < -0.3 is 15.4 Å². The van der Waals surface area contributed by atoms with Crippen LogP contribution in [0.15, 0.2) is 58.6 Å². The molecule has 4 aromatic rings. The Morgan fingerprint density at radius 1 is 1.18 bits per heavy atom. The van der Waals surface area contributed by atoms with Crippen molar-refractivity contribution in [2.24, 2.45) is 0 Å². The number of aromatic amines is 1. The molecule has 0 aliphatic rings. The molecular formula is C23H25N7O2S. The molecule has 0 spiro atoms. The second kappa shape index (κ2) is 9.88. The normalized spacial score (nSPS) is 11.2. The lowest BCUT2D eigenvalue weighted by molar-refractivity contribution is 0.151. The minimum atomic E-state index is -0.481. The summed E-state index contributed by atoms with van der Waals surface area (Å²) in [6, 6.07) is 15.1. The van der Waals surface area contributed by atoms with E-state index in [-0.39, 0.29) is 0 Å². The van der Waals surface area contributed by atoms with E-state index in [1.165, 1.54) is 11.8 Å². The molecule has 0 atom stereocenters. The Kier molecular flexibility index (Phi) is 6.76. The molecule has 9 nitrogen and oxygen atoms in total. The number of hydrogen-bond acceptors (Lipinski definition) is 8. The monoisotopic (exact) mass is 463 g/mol. The van der Waals surface area contributed by atoms with Gasteiger partial charge in [-0.25, -0.2) is 14.8 Å². The van der Waals surface area contributed by atoms with Crippen molar-refractivity contribution in [1.29, 1.82) is 0 Å². The second-order valence-corrected chi connectivity index (χ2v) is 8.76. The third kappa shape index (κ3) is 5.60. The van der Waals surface area contributed by atoms with Gasteiger partial charge >= 0.3 is 6.09 Å². The Hall–Kier alpha value is -3.63. The summed E-state index contributed by atoms with van der Waals surface area (Å²) in [6.07, 6.45) is -0.481. The van der Waals surface area contributed by atoms with Gasteiger partial charge in [-0.2, -0.15) is 5.10 Å². The van der Waals surface area contributed by atoms with Crippen molar-refractivity contribution in [2.45, 2.75) is 17.0 Å². The van der Waals surface area contributed by atoms with E-state index in [9.17, 15) is 4.79 Å². The van der Waals surface area contributed by atoms with Crippen LogP contribution in [0.25, 0.3) is 22.2 Å². The maximum Gasteiger partial charge on any atom is 0.411 e. The van der Waals surface area contributed by atoms with Gasteiger partial charge in [-0.3, -0.25) is 10.4 Å². The number of nitrogens with two attached hydrogens (primary N) is 1. The van der Waals surface area contributed by atoms with Crippen LogP contribution in [0.5, 0.6) is 0 Å². The summed E-state index contributed by atoms with van der Waals surface area (Å²) in [6.45, 7) is 2.95. The van der Waals surface area contributed by atoms with Crippen molar-refractivity contribution in [3.05, 3.63) is 54.2 Å². The zero-order valence-corrected chi connectivity index (χ0v) is 19.4. The molecule has 0 fully saturated rings. The highest BCUT2D eigenvalue weighted by Gasteiger charge is 2.14. The molecule has 0 unspecified atom stereocenters. The van der Waals surface area contributed by atoms with Gasteiger partial charge in [-0.15, -0.1) is 0 Å². The lowest BCUT2D eigenvalue weighted by atomic mass is 10.1. The number of hydrogen-bond donors (Lipinski definition) is 3. The number of likely N-dealkylation sites (N-methyl/N-ethyl adjacent to an activating group) is 1. The number of amides is 1. The van der Waals surface area contributed by atoms with Gasteiger partial charge in [0.25, 0.3) is 0 Å². The maximum atomic E-state index is 11.9. The Morgan fingerprint density at radius 2 is 1.97 bits per heavy atom. The molecule has 2 heterocycles. The van der Waals surface area contributed by atoms with Crippen LogP contribution in [0.2, 0.25) is 0 Å². The summed E-state index contributed by atoms with van der Waals surface area (Å²) in [5, 5.41) is 11.3. The fourth-order valence-corrected chi connectivity index (χ4v) is 3.96. The van der Waals surface area contributed by atoms with E-state index in [1.807, 2.05) is 62.3 Å². The number of nitrogens with zero attached hydrogens (tertiary/aromatic N) is 4. The van der Waals surface area contributed by atoms with Gasteiger partial charge in [-0.1, -0.05) is 12.1 Å². The first-order valence-corrected chi connectivity index (χ1v) is 11.2. The molecule has 10 heteroatoms. The number of nitrogen functional groups attached to an aromatic ring is 1. The Bertz CT molecular complexity index is 1270. The fraction of sp³-hybridized carbons (Fsp3) is 0.217. The number of carbonyl (C=O) groups excluding carboxylic acids is 1. The molecule has 2 aromatic heterocycles. The van der Waals surface area contributed by atoms with Crippen molar-refractivity contribution >= 4 is 40.3 Å². The van der Waals surface area contributed by atoms with E-state index in [2.05, 4.69) is 25.5 Å². The summed E-state index contributed by atoms with van der Waals surface area (Å²) < 4.78 is 5.14. The van der Waals surface area contributed by atoms with E-state index in [0.717, 1.165) is 32.7 Å². The molecule has 0 aliphatic heterocycles. The van der Waals surface area contributed by atoms with Gasteiger partial charge in [0.15, 0.2) is 5.16 Å². The van der Waals surface area contributed by atoms with Gasteiger partial charge in [0.2, 0.25) is 0 Å². The van der Waals surface area contributed by atoms with Gasteiger partial charge in [0.1, 0.15) is 12.4 Å². The topological polar surface area (TPSA) is 122 Å². The van der Waals surface area contributed by atoms with Crippen LogP contribution >= 0.6 is 11.8 Å². The van der Waals surface area contributed by atoms with Crippen molar-refractivity contribution in [1.82, 2.24) is 25.1 Å². The van der Waals surface area contributed by atoms with Gasteiger partial charge in [0, 0.05) is 28.4 Å². The number of fused-ring (bicyclic) bond motifs is 1. The lowest BCUT2D eigenvalue weighted by Crippen LogP contribution is -2.22. The number of aromatic nitrogens is 4. The molecule has 0 aliphatic carbocycles. The fourth-order valence-electron chi connectivity index (χ4n) is 3.19. The molecule has 170 valence electrons. The third-order valence-electron chi connectivity index (χ3n) is 4.79. The molecule has 0 saturated carbocycles. The highest BCUT2D eigenvalue weighted by Crippen LogP contribution is 2.33. The molecule has 1 amide bonds. The standard InChI is InChI=1S/C23H25N7O2S/c1-14-13-19(29-28-14)17-5-4-6-18-20(17)21(24)27-22(26-18)33-16-9-7-15(8-10-16)25-23(31)32-12-11-30(2)3/h4-10,13H,11-12H2,1-3H3,(H,25,31)(H,28,29)(H2,24,26,27). The number of benzene rings is 2. The number of carbonyl (C=O) groups is 1. The maximum absolute atomic E-state index is 11.9. The van der Waals surface area contributed by atoms with Crippen LogP contribution in [-0.2, 0) is 4.74 Å². The first-order valence-electron chi connectivity index (χ1n) is 10.3. The van der Waals surface area contributed by atoms with Crippen LogP contribution in [0.1, 0.15) is 5.69 Å². The average Bonchev–Trinajstić information content (AvgIpc) is 3.20. The minimum Gasteiger partial charge on any atom is -0.448 e. The van der Waals surface area contributed by atoms with Gasteiger partial charge in [0.05, 0.1) is 16.6 Å². The number of anilines is 2. The van der Waals surface area contributed by atoms with Crippen LogP contribution in [0.4, 0.5) is 16.3 Å². The highest BCUT2D eigenvalue weighted by atomic mass is 32.2. The molecule has 0 saturated heterocycles. The van der Waals surface area contributed by atoms with Crippen LogP contribution in [0.3, 0.4) is 0 Å². The lowest BCUT2D eigenvalue weighted by Gasteiger charge is -2.11. The summed E-state index contributed by atoms with van der Waals surface area (Å²) in [5.41, 5.74) is 10.4. The highest BCUT2D eigenvalue weighted by molar-refractivity contribution is 7.99. The molecular weight excluding hydrogens is 438 g/mol. The number of rotatable bonds is 7. The molecule has 4 rings (SSSR count). The molecule has 2 aromatic carbocycles. The number of aryl methyl sites for hydroxylation is 1. The Balaban J connectivity index is 1.47. The Morgan fingerprint density at radius 3 is 2.67 bits per heavy atom. The van der Waals surface area contributed by atoms with Crippen LogP contribution < -0.4 is 11.1 Å². The minimum absolute atomic E-state index is 0.328. The third-order valence-corrected chi connectivity index (χ3v) is 5.67. The van der Waals surface area contributed by atoms with E-state index < -0.39 is 6.09 Å². The van der Waals surface area contributed by atoms with E-state index in [4.69, 9.17) is 10.5 Å². The van der Waals surface area contributed by atoms with Crippen molar-refractivity contribution in [3.63, 3.8) is 0 Å². The summed E-state index contributed by atoms with van der Waals surface area (Å²) in [5.74, 6) is 0.400. The van der Waals surface area contributed by atoms with Crippen LogP contribution in [-0.4, -0.2) is 58.4 Å². The van der Waals surface area contributed by atoms with Crippen molar-refractivity contribution < 1.29 is 9.53 Å². The number of ether oxygens (including phenoxy) is 1. The smallest absolute Gasteiger partial charge is 0.411 e. The zero-order valence-electron chi connectivity index (χ0n) is 18.6. The molecule has 0 bridgehead atoms. The first kappa shape index (κ1) is 22.6. The van der Waals surface area contributed by atoms with Crippen molar-refractivity contribution in [2.75, 3.05) is 38.3 Å². The predicted molar refractivity (Wildman–Crippen MR) is 130 cm³/mol. The molecule has 0 radical (unpaired) electrons. The average molecular weight is 464 g/mol. The van der Waals surface area contributed by atoms with E-state index in [1.54, 1.807) is 12.1 Å². The largest absolute Gasteiger partial charge is 0.448 e. The number of nitrogens with one attached hydrogen (secondary N) is 2. The first-order chi connectivity index (χ1) is 15.9. The van der Waals surface area contributed by atoms with E-state index >= 15 is 0 Å². The van der Waals surface area contributed by atoms with Crippen LogP contribution in [0, 0.1) is 6.92 Å². The molecule has 4 N–H and O–H groups in total. The quantitative estimate of drug-likeness (QED) is 0.349. The number of H-pyrrole nitrogens is 1. The zero-order chi connectivity index (χ0) is 23.4. The van der Waals surface area contributed by atoms with E-state index in [0.29, 0.717) is 29.8 Å². The Labute approximate surface area is 195 Å². The summed E-state index contributed by atoms with van der Waals surface area (Å²) in [7, 11) is 3.84. The van der Waals surface area contributed by atoms with Crippen molar-refractivity contribution in [3.8, 4) is 11.3 Å². The summed E-state index contributed by atoms with van der Waals surface area (Å²) >= 11 is 1.39. The SMILES string of the molecule is Cc1cc(-c2cccc3nc(Sc4ccc(NC(=O)OCCN(C)C)cc4)nc(N)c23)n[nH]1. The second-order valence-electron chi connectivity index (χ2n) is 7.72. The van der Waals surface area contributed by atoms with Gasteiger partial charge in [-0.05, 0) is 69.2 Å². The summed E-state index contributed by atoms with van der Waals surface area (Å²) in [4.78, 5) is 23.9.